The first-order chi connectivity index (χ1) is 13.1. The smallest absolute Gasteiger partial charge is 0.264 e. The molecule has 1 aliphatic heterocycles. The number of thiocarbonyl (C=S) groups is 1. The Kier molecular flexibility index (Phi) is 6.13. The average molecular weight is 385 g/mol. The minimum atomic E-state index is -0.388. The van der Waals surface area contributed by atoms with Crippen LogP contribution >= 0.6 is 12.2 Å². The molecule has 1 amide bonds. The third-order valence-corrected chi connectivity index (χ3v) is 4.69. The number of hydrogen-bond acceptors (Lipinski definition) is 5. The van der Waals surface area contributed by atoms with E-state index in [0.717, 1.165) is 24.5 Å². The zero-order chi connectivity index (χ0) is 19.2. The summed E-state index contributed by atoms with van der Waals surface area (Å²) in [6, 6.07) is 13.1. The summed E-state index contributed by atoms with van der Waals surface area (Å²) in [4.78, 5) is 15.1. The summed E-state index contributed by atoms with van der Waals surface area (Å²) in [6.45, 7) is 2.05. The lowest BCUT2D eigenvalue weighted by Gasteiger charge is -2.22. The molecule has 0 radical (unpaired) electrons. The summed E-state index contributed by atoms with van der Waals surface area (Å²) in [7, 11) is 3.02. The maximum absolute atomic E-state index is 12.7. The van der Waals surface area contributed by atoms with E-state index >= 15 is 0 Å². The van der Waals surface area contributed by atoms with Gasteiger partial charge in [-0.05, 0) is 49.3 Å². The van der Waals surface area contributed by atoms with Gasteiger partial charge in [0.1, 0.15) is 17.1 Å². The Labute approximate surface area is 164 Å². The van der Waals surface area contributed by atoms with Crippen LogP contribution in [-0.4, -0.2) is 38.3 Å². The van der Waals surface area contributed by atoms with Crippen molar-refractivity contribution in [2.24, 2.45) is 0 Å². The second-order valence-electron chi connectivity index (χ2n) is 6.16. The molecule has 0 unspecified atom stereocenters. The molecule has 0 spiro atoms. The molecule has 2 aromatic carbocycles. The fraction of sp³-hybridized carbons (Fsp3) is 0.300. The number of benzene rings is 2. The lowest BCUT2D eigenvalue weighted by Crippen LogP contribution is -2.35. The van der Waals surface area contributed by atoms with Gasteiger partial charge in [-0.25, -0.2) is 0 Å². The number of amides is 1. The lowest BCUT2D eigenvalue weighted by atomic mass is 10.1. The van der Waals surface area contributed by atoms with E-state index in [-0.39, 0.29) is 11.0 Å². The van der Waals surface area contributed by atoms with Gasteiger partial charge in [0.05, 0.1) is 25.6 Å². The first-order valence-corrected chi connectivity index (χ1v) is 9.22. The lowest BCUT2D eigenvalue weighted by molar-refractivity contribution is 0.0971. The fourth-order valence-electron chi connectivity index (χ4n) is 3.21. The van der Waals surface area contributed by atoms with Crippen LogP contribution in [-0.2, 0) is 0 Å². The number of para-hydroxylation sites is 2. The Hall–Kier alpha value is -2.80. The van der Waals surface area contributed by atoms with Crippen molar-refractivity contribution in [2.45, 2.75) is 12.8 Å². The second-order valence-corrected chi connectivity index (χ2v) is 6.57. The number of carbonyl (C=O) groups excluding carboxylic acids is 1. The maximum Gasteiger partial charge on any atom is 0.264 e. The number of methoxy groups -OCH3 is 2. The van der Waals surface area contributed by atoms with Crippen molar-refractivity contribution in [3.8, 4) is 11.5 Å². The zero-order valence-electron chi connectivity index (χ0n) is 15.5. The Balaban J connectivity index is 1.75. The molecule has 142 valence electrons. The summed E-state index contributed by atoms with van der Waals surface area (Å²) < 4.78 is 10.6. The van der Waals surface area contributed by atoms with Crippen molar-refractivity contribution in [1.82, 2.24) is 5.32 Å². The SMILES string of the molecule is COc1cccc(OC)c1C(=O)NC(=S)Nc1ccccc1N1CCCC1. The third-order valence-electron chi connectivity index (χ3n) is 4.48. The molecule has 7 heteroatoms. The quantitative estimate of drug-likeness (QED) is 0.769. The largest absolute Gasteiger partial charge is 0.496 e. The van der Waals surface area contributed by atoms with Gasteiger partial charge in [0.2, 0.25) is 0 Å². The second kappa shape index (κ2) is 8.73. The van der Waals surface area contributed by atoms with Gasteiger partial charge in [0, 0.05) is 13.1 Å². The van der Waals surface area contributed by atoms with Crippen molar-refractivity contribution in [1.29, 1.82) is 0 Å². The minimum Gasteiger partial charge on any atom is -0.496 e. The molecular formula is C20H23N3O3S. The van der Waals surface area contributed by atoms with Crippen LogP contribution in [0.3, 0.4) is 0 Å². The minimum absolute atomic E-state index is 0.222. The Morgan fingerprint density at radius 2 is 1.63 bits per heavy atom. The number of nitrogens with zero attached hydrogens (tertiary/aromatic N) is 1. The average Bonchev–Trinajstić information content (AvgIpc) is 3.22. The highest BCUT2D eigenvalue weighted by atomic mass is 32.1. The van der Waals surface area contributed by atoms with Crippen molar-refractivity contribution in [3.05, 3.63) is 48.0 Å². The normalized spacial score (nSPS) is 13.2. The highest BCUT2D eigenvalue weighted by molar-refractivity contribution is 7.80. The van der Waals surface area contributed by atoms with Crippen LogP contribution < -0.4 is 25.0 Å². The van der Waals surface area contributed by atoms with Crippen LogP contribution in [0.1, 0.15) is 23.2 Å². The molecule has 0 aromatic heterocycles. The van der Waals surface area contributed by atoms with Gasteiger partial charge in [-0.3, -0.25) is 10.1 Å². The first-order valence-electron chi connectivity index (χ1n) is 8.81. The highest BCUT2D eigenvalue weighted by Gasteiger charge is 2.20. The number of anilines is 2. The summed E-state index contributed by atoms with van der Waals surface area (Å²) >= 11 is 5.36. The first kappa shape index (κ1) is 19.0. The summed E-state index contributed by atoms with van der Waals surface area (Å²) in [5.74, 6) is 0.458. The van der Waals surface area contributed by atoms with Crippen LogP contribution in [0.2, 0.25) is 0 Å². The van der Waals surface area contributed by atoms with Crippen molar-refractivity contribution >= 4 is 34.6 Å². The molecule has 6 nitrogen and oxygen atoms in total. The molecule has 1 aliphatic rings. The van der Waals surface area contributed by atoms with Crippen LogP contribution in [0.25, 0.3) is 0 Å². The molecule has 1 fully saturated rings. The van der Waals surface area contributed by atoms with Crippen LogP contribution in [0, 0.1) is 0 Å². The summed E-state index contributed by atoms with van der Waals surface area (Å²) in [5, 5.41) is 6.08. The van der Waals surface area contributed by atoms with Crippen LogP contribution in [0.4, 0.5) is 11.4 Å². The molecule has 3 rings (SSSR count). The molecule has 0 aliphatic carbocycles. The maximum atomic E-state index is 12.7. The number of rotatable bonds is 5. The van der Waals surface area contributed by atoms with Crippen LogP contribution in [0.15, 0.2) is 42.5 Å². The number of ether oxygens (including phenoxy) is 2. The third kappa shape index (κ3) is 4.31. The van der Waals surface area contributed by atoms with Gasteiger partial charge in [0.25, 0.3) is 5.91 Å². The molecule has 2 aromatic rings. The van der Waals surface area contributed by atoms with Crippen molar-refractivity contribution in [2.75, 3.05) is 37.5 Å². The molecule has 2 N–H and O–H groups in total. The predicted octanol–water partition coefficient (Wildman–Crippen LogP) is 3.43. The fourth-order valence-corrected chi connectivity index (χ4v) is 3.41. The van der Waals surface area contributed by atoms with E-state index in [2.05, 4.69) is 21.6 Å². The van der Waals surface area contributed by atoms with Gasteiger partial charge in [-0.1, -0.05) is 18.2 Å². The number of carbonyl (C=O) groups is 1. The molecule has 0 atom stereocenters. The van der Waals surface area contributed by atoms with E-state index < -0.39 is 0 Å². The molecule has 0 saturated carbocycles. The molecule has 1 heterocycles. The predicted molar refractivity (Wildman–Crippen MR) is 111 cm³/mol. The van der Waals surface area contributed by atoms with Gasteiger partial charge in [0.15, 0.2) is 5.11 Å². The highest BCUT2D eigenvalue weighted by Crippen LogP contribution is 2.29. The van der Waals surface area contributed by atoms with Gasteiger partial charge < -0.3 is 19.7 Å². The summed E-state index contributed by atoms with van der Waals surface area (Å²) in [5.41, 5.74) is 2.26. The van der Waals surface area contributed by atoms with Crippen molar-refractivity contribution < 1.29 is 14.3 Å². The zero-order valence-corrected chi connectivity index (χ0v) is 16.3. The number of nitrogens with one attached hydrogen (secondary N) is 2. The molecule has 0 bridgehead atoms. The summed E-state index contributed by atoms with van der Waals surface area (Å²) in [6.07, 6.45) is 2.37. The molecular weight excluding hydrogens is 362 g/mol. The standard InChI is InChI=1S/C20H23N3O3S/c1-25-16-10-7-11-17(26-2)18(16)19(24)22-20(27)21-14-8-3-4-9-15(14)23-12-5-6-13-23/h3-4,7-11H,5-6,12-13H2,1-2H3,(H2,21,22,24,27). The Morgan fingerprint density at radius 1 is 1.00 bits per heavy atom. The monoisotopic (exact) mass is 385 g/mol. The molecule has 27 heavy (non-hydrogen) atoms. The van der Waals surface area contributed by atoms with Gasteiger partial charge in [-0.15, -0.1) is 0 Å². The van der Waals surface area contributed by atoms with E-state index in [4.69, 9.17) is 21.7 Å². The van der Waals surface area contributed by atoms with Gasteiger partial charge >= 0.3 is 0 Å². The van der Waals surface area contributed by atoms with E-state index in [1.54, 1.807) is 18.2 Å². The van der Waals surface area contributed by atoms with E-state index in [1.807, 2.05) is 18.2 Å². The van der Waals surface area contributed by atoms with E-state index in [1.165, 1.54) is 27.1 Å². The Morgan fingerprint density at radius 3 is 2.26 bits per heavy atom. The van der Waals surface area contributed by atoms with E-state index in [9.17, 15) is 4.79 Å². The van der Waals surface area contributed by atoms with Crippen LogP contribution in [0.5, 0.6) is 11.5 Å². The van der Waals surface area contributed by atoms with Gasteiger partial charge in [-0.2, -0.15) is 0 Å². The Bertz CT molecular complexity index is 813. The number of hydrogen-bond donors (Lipinski definition) is 2. The molecule has 1 saturated heterocycles. The van der Waals surface area contributed by atoms with E-state index in [0.29, 0.717) is 17.1 Å². The van der Waals surface area contributed by atoms with Crippen molar-refractivity contribution in [3.63, 3.8) is 0 Å². The topological polar surface area (TPSA) is 62.8 Å².